The highest BCUT2D eigenvalue weighted by Gasteiger charge is 2.36. The molecule has 1 N–H and O–H groups in total. The van der Waals surface area contributed by atoms with Crippen LogP contribution in [-0.4, -0.2) is 66.6 Å². The fraction of sp³-hybridized carbons (Fsp3) is 0.458. The molecule has 1 unspecified atom stereocenters. The van der Waals surface area contributed by atoms with Crippen molar-refractivity contribution in [3.8, 4) is 10.6 Å². The monoisotopic (exact) mass is 548 g/mol. The number of hydrogen-bond acceptors (Lipinski definition) is 8. The molecule has 0 saturated carbocycles. The number of sulfonamides is 1. The molecule has 2 amide bonds. The van der Waals surface area contributed by atoms with Gasteiger partial charge in [-0.25, -0.2) is 18.2 Å². The molecule has 0 spiro atoms. The number of thiophene rings is 1. The van der Waals surface area contributed by atoms with E-state index in [1.165, 1.54) is 15.6 Å². The number of amides is 2. The number of hydrogen-bond donors (Lipinski definition) is 1. The zero-order valence-corrected chi connectivity index (χ0v) is 22.6. The number of rotatable bonds is 5. The number of nitrogens with one attached hydrogen (secondary N) is 1. The third-order valence-corrected chi connectivity index (χ3v) is 9.98. The van der Waals surface area contributed by atoms with Crippen LogP contribution < -0.4 is 5.32 Å². The first-order chi connectivity index (χ1) is 17.3. The maximum Gasteiger partial charge on any atom is 0.410 e. The molecular weight excluding hydrogens is 520 g/mol. The largest absolute Gasteiger partial charge is 0.450 e. The van der Waals surface area contributed by atoms with Gasteiger partial charge in [-0.1, -0.05) is 18.6 Å². The third kappa shape index (κ3) is 4.86. The lowest BCUT2D eigenvalue weighted by Gasteiger charge is -2.32. The number of para-hydroxylation sites is 1. The fourth-order valence-corrected chi connectivity index (χ4v) is 8.33. The third-order valence-electron chi connectivity index (χ3n) is 6.51. The van der Waals surface area contributed by atoms with Gasteiger partial charge >= 0.3 is 6.09 Å². The predicted octanol–water partition coefficient (Wildman–Crippen LogP) is 4.29. The van der Waals surface area contributed by atoms with Crippen LogP contribution in [0.25, 0.3) is 20.8 Å². The lowest BCUT2D eigenvalue weighted by molar-refractivity contribution is -0.120. The normalized spacial score (nSPS) is 18.7. The molecular formula is C24H28N4O5S3. The van der Waals surface area contributed by atoms with Crippen LogP contribution in [0.3, 0.4) is 0 Å². The molecule has 0 radical (unpaired) electrons. The molecule has 3 aromatic rings. The molecule has 192 valence electrons. The molecule has 1 atom stereocenters. The first-order valence-electron chi connectivity index (χ1n) is 12.0. The second-order valence-corrected chi connectivity index (χ2v) is 13.0. The van der Waals surface area contributed by atoms with Crippen LogP contribution in [0.4, 0.5) is 9.80 Å². The summed E-state index contributed by atoms with van der Waals surface area (Å²) >= 11 is 2.98. The molecule has 1 aromatic carbocycles. The predicted molar refractivity (Wildman–Crippen MR) is 142 cm³/mol. The average molecular weight is 549 g/mol. The first kappa shape index (κ1) is 25.1. The molecule has 2 aliphatic rings. The van der Waals surface area contributed by atoms with E-state index in [2.05, 4.69) is 5.32 Å². The second-order valence-electron chi connectivity index (χ2n) is 8.94. The Morgan fingerprint density at radius 2 is 2.00 bits per heavy atom. The van der Waals surface area contributed by atoms with Crippen molar-refractivity contribution in [1.82, 2.24) is 14.2 Å². The highest BCUT2D eigenvalue weighted by molar-refractivity contribution is 7.88. The van der Waals surface area contributed by atoms with E-state index < -0.39 is 16.1 Å². The van der Waals surface area contributed by atoms with E-state index in [1.807, 2.05) is 24.3 Å². The minimum Gasteiger partial charge on any atom is -0.450 e. The van der Waals surface area contributed by atoms with E-state index in [0.717, 1.165) is 50.3 Å². The summed E-state index contributed by atoms with van der Waals surface area (Å²) in [7, 11) is -3.51. The van der Waals surface area contributed by atoms with Gasteiger partial charge in [0.1, 0.15) is 16.1 Å². The van der Waals surface area contributed by atoms with Gasteiger partial charge in [0.2, 0.25) is 15.9 Å². The van der Waals surface area contributed by atoms with Crippen molar-refractivity contribution in [3.63, 3.8) is 0 Å². The molecule has 12 heteroatoms. The topological polar surface area (TPSA) is 109 Å². The lowest BCUT2D eigenvalue weighted by Crippen LogP contribution is -2.49. The Morgan fingerprint density at radius 1 is 1.19 bits per heavy atom. The maximum atomic E-state index is 13.4. The molecule has 36 heavy (non-hydrogen) atoms. The number of fused-ring (bicyclic) bond motifs is 2. The summed E-state index contributed by atoms with van der Waals surface area (Å²) in [5, 5.41) is 4.51. The molecule has 4 heterocycles. The number of anilines is 1. The Bertz CT molecular complexity index is 1380. The summed E-state index contributed by atoms with van der Waals surface area (Å²) < 4.78 is 32.2. The number of benzene rings is 1. The Kier molecular flexibility index (Phi) is 7.03. The molecule has 1 fully saturated rings. The van der Waals surface area contributed by atoms with Gasteiger partial charge in [-0.15, -0.1) is 22.7 Å². The fourth-order valence-electron chi connectivity index (χ4n) is 4.83. The highest BCUT2D eigenvalue weighted by Crippen LogP contribution is 2.46. The van der Waals surface area contributed by atoms with Gasteiger partial charge < -0.3 is 15.0 Å². The number of piperidine rings is 1. The zero-order valence-electron chi connectivity index (χ0n) is 20.2. The van der Waals surface area contributed by atoms with Crippen molar-refractivity contribution in [2.75, 3.05) is 31.3 Å². The maximum absolute atomic E-state index is 13.4. The average Bonchev–Trinajstić information content (AvgIpc) is 3.43. The van der Waals surface area contributed by atoms with Crippen LogP contribution in [0.15, 0.2) is 24.3 Å². The van der Waals surface area contributed by atoms with E-state index in [0.29, 0.717) is 44.1 Å². The smallest absolute Gasteiger partial charge is 0.410 e. The number of ether oxygens (including phenoxy) is 1. The van der Waals surface area contributed by atoms with Crippen molar-refractivity contribution >= 4 is 59.9 Å². The van der Waals surface area contributed by atoms with Gasteiger partial charge in [0, 0.05) is 23.5 Å². The SMILES string of the molecule is CCOC(=O)N1CCc2c(sc(NC(=O)C3CCCCN3S(C)(=O)=O)c2-c2nc3ccccc3s2)C1. The Labute approximate surface area is 218 Å². The van der Waals surface area contributed by atoms with E-state index in [4.69, 9.17) is 9.72 Å². The van der Waals surface area contributed by atoms with Gasteiger partial charge in [-0.05, 0) is 43.9 Å². The van der Waals surface area contributed by atoms with E-state index in [-0.39, 0.29) is 12.0 Å². The van der Waals surface area contributed by atoms with Gasteiger partial charge in [-0.3, -0.25) is 4.79 Å². The van der Waals surface area contributed by atoms with E-state index >= 15 is 0 Å². The quantitative estimate of drug-likeness (QED) is 0.510. The van der Waals surface area contributed by atoms with Crippen LogP contribution in [0.2, 0.25) is 0 Å². The van der Waals surface area contributed by atoms with Gasteiger partial charge in [0.05, 0.1) is 29.6 Å². The molecule has 2 aromatic heterocycles. The van der Waals surface area contributed by atoms with Gasteiger partial charge in [0.25, 0.3) is 0 Å². The lowest BCUT2D eigenvalue weighted by atomic mass is 10.0. The summed E-state index contributed by atoms with van der Waals surface area (Å²) in [6, 6.07) is 7.14. The molecule has 0 aliphatic carbocycles. The second kappa shape index (κ2) is 10.1. The molecule has 1 saturated heterocycles. The number of carbonyl (C=O) groups is 2. The first-order valence-corrected chi connectivity index (χ1v) is 15.4. The van der Waals surface area contributed by atoms with E-state index in [9.17, 15) is 18.0 Å². The minimum atomic E-state index is -3.51. The zero-order chi connectivity index (χ0) is 25.4. The number of aromatic nitrogens is 1. The summed E-state index contributed by atoms with van der Waals surface area (Å²) in [4.78, 5) is 33.3. The molecule has 2 aliphatic heterocycles. The number of carbonyl (C=O) groups excluding carboxylic acids is 2. The number of nitrogens with zero attached hydrogens (tertiary/aromatic N) is 3. The minimum absolute atomic E-state index is 0.309. The molecule has 9 nitrogen and oxygen atoms in total. The van der Waals surface area contributed by atoms with Crippen molar-refractivity contribution < 1.29 is 22.7 Å². The van der Waals surface area contributed by atoms with Crippen LogP contribution in [0.1, 0.15) is 36.6 Å². The Morgan fingerprint density at radius 3 is 2.75 bits per heavy atom. The van der Waals surface area contributed by atoms with Crippen molar-refractivity contribution in [1.29, 1.82) is 0 Å². The number of thiazole rings is 1. The van der Waals surface area contributed by atoms with Gasteiger partial charge in [-0.2, -0.15) is 4.31 Å². The Hall–Kier alpha value is -2.54. The Balaban J connectivity index is 1.52. The standard InChI is InChI=1S/C24H28N4O5S3/c1-3-33-24(30)27-13-11-15-19(14-27)35-23(20(15)22-25-16-8-4-5-10-18(16)34-22)26-21(29)17-9-6-7-12-28(17)36(2,31)32/h4-5,8,10,17H,3,6-7,9,11-14H2,1-2H3,(H,26,29). The van der Waals surface area contributed by atoms with Crippen molar-refractivity contribution in [3.05, 3.63) is 34.7 Å². The van der Waals surface area contributed by atoms with Crippen LogP contribution in [-0.2, 0) is 32.5 Å². The molecule has 5 rings (SSSR count). The van der Waals surface area contributed by atoms with Gasteiger partial charge in [0.15, 0.2) is 0 Å². The van der Waals surface area contributed by atoms with Crippen LogP contribution in [0, 0.1) is 0 Å². The summed E-state index contributed by atoms with van der Waals surface area (Å²) in [6.45, 7) is 3.34. The van der Waals surface area contributed by atoms with Crippen LogP contribution in [0.5, 0.6) is 0 Å². The van der Waals surface area contributed by atoms with Crippen LogP contribution >= 0.6 is 22.7 Å². The highest BCUT2D eigenvalue weighted by atomic mass is 32.2. The van der Waals surface area contributed by atoms with Crippen molar-refractivity contribution in [2.45, 2.75) is 45.2 Å². The van der Waals surface area contributed by atoms with Crippen molar-refractivity contribution in [2.24, 2.45) is 0 Å². The van der Waals surface area contributed by atoms with E-state index in [1.54, 1.807) is 23.2 Å². The summed E-state index contributed by atoms with van der Waals surface area (Å²) in [6.07, 6.45) is 3.44. The molecule has 0 bridgehead atoms. The summed E-state index contributed by atoms with van der Waals surface area (Å²) in [5.41, 5.74) is 2.82. The summed E-state index contributed by atoms with van der Waals surface area (Å²) in [5.74, 6) is -0.330.